The number of unbranched alkanes of at least 4 members (excludes halogenated alkanes) is 2. The molecule has 0 aliphatic carbocycles. The number of hydrogen-bond acceptors (Lipinski definition) is 3. The van der Waals surface area contributed by atoms with Crippen molar-refractivity contribution in [3.05, 3.63) is 23.8 Å². The number of fused-ring (bicyclic) bond motifs is 1. The molecule has 0 aromatic heterocycles. The fourth-order valence-electron chi connectivity index (χ4n) is 4.40. The fourth-order valence-corrected chi connectivity index (χ4v) is 6.74. The van der Waals surface area contributed by atoms with Crippen molar-refractivity contribution in [2.45, 2.75) is 76.5 Å². The molecule has 2 N–H and O–H groups in total. The quantitative estimate of drug-likeness (QED) is 0.561. The molecule has 144 valence electrons. The lowest BCUT2D eigenvalue weighted by atomic mass is 9.72. The summed E-state index contributed by atoms with van der Waals surface area (Å²) >= 11 is 0. The van der Waals surface area contributed by atoms with Gasteiger partial charge in [0.05, 0.1) is 4.90 Å². The smallest absolute Gasteiger partial charge is 0.0620 e. The molecule has 1 aromatic carbocycles. The molecule has 0 unspecified atom stereocenters. The Morgan fingerprint density at radius 2 is 1.72 bits per heavy atom. The third-order valence-electron chi connectivity index (χ3n) is 5.76. The maximum Gasteiger partial charge on any atom is 0.0620 e. The van der Waals surface area contributed by atoms with Gasteiger partial charge in [-0.2, -0.15) is 10.6 Å². The average Bonchev–Trinajstić information content (AvgIpc) is 2.64. The summed E-state index contributed by atoms with van der Waals surface area (Å²) in [5.41, 5.74) is 2.33. The minimum atomic E-state index is -2.74. The van der Waals surface area contributed by atoms with Crippen molar-refractivity contribution in [3.63, 3.8) is 0 Å². The molecule has 2 rings (SSSR count). The summed E-state index contributed by atoms with van der Waals surface area (Å²) in [4.78, 5) is 2.88. The van der Waals surface area contributed by atoms with Crippen LogP contribution in [0.3, 0.4) is 0 Å². The first-order valence-electron chi connectivity index (χ1n) is 9.82. The van der Waals surface area contributed by atoms with E-state index in [1.54, 1.807) is 0 Å². The Kier molecular flexibility index (Phi) is 6.86. The SMILES string of the molecule is CCCCC1(CCCC)C[C@H](C)c2cc(N(C)C)ccc2S(O)(O)C1. The van der Waals surface area contributed by atoms with Crippen molar-refractivity contribution in [1.29, 1.82) is 0 Å². The van der Waals surface area contributed by atoms with E-state index >= 15 is 0 Å². The van der Waals surface area contributed by atoms with Gasteiger partial charge in [0.25, 0.3) is 0 Å². The summed E-state index contributed by atoms with van der Waals surface area (Å²) < 4.78 is 22.2. The Morgan fingerprint density at radius 1 is 1.12 bits per heavy atom. The van der Waals surface area contributed by atoms with Crippen LogP contribution in [0, 0.1) is 5.41 Å². The minimum Gasteiger partial charge on any atom is -0.378 e. The van der Waals surface area contributed by atoms with Gasteiger partial charge in [0, 0.05) is 25.5 Å². The van der Waals surface area contributed by atoms with Crippen molar-refractivity contribution in [2.24, 2.45) is 5.41 Å². The fraction of sp³-hybridized carbons (Fsp3) is 0.714. The lowest BCUT2D eigenvalue weighted by Gasteiger charge is -2.42. The molecule has 0 spiro atoms. The summed E-state index contributed by atoms with van der Waals surface area (Å²) in [6.07, 6.45) is 7.96. The van der Waals surface area contributed by atoms with Gasteiger partial charge >= 0.3 is 0 Å². The number of benzene rings is 1. The zero-order valence-corrected chi connectivity index (χ0v) is 17.5. The highest BCUT2D eigenvalue weighted by Crippen LogP contribution is 2.61. The lowest BCUT2D eigenvalue weighted by Crippen LogP contribution is -2.28. The monoisotopic (exact) mass is 367 g/mol. The molecule has 0 amide bonds. The normalized spacial score (nSPS) is 22.8. The van der Waals surface area contributed by atoms with Gasteiger partial charge in [0.15, 0.2) is 0 Å². The standard InChI is InChI=1S/C21H37NO2S/c1-6-8-12-21(13-9-7-2)15-17(3)19-14-18(22(4)5)10-11-20(19)25(23,24)16-21/h10-11,14,17,23-24H,6-9,12-13,15-16H2,1-5H3/t17-/m0/s1. The van der Waals surface area contributed by atoms with E-state index in [0.717, 1.165) is 35.4 Å². The van der Waals surface area contributed by atoms with Crippen LogP contribution in [0.1, 0.15) is 77.2 Å². The Hall–Kier alpha value is -0.710. The molecule has 0 bridgehead atoms. The predicted octanol–water partition coefficient (Wildman–Crippen LogP) is 6.74. The molecule has 1 heterocycles. The van der Waals surface area contributed by atoms with Crippen molar-refractivity contribution in [2.75, 3.05) is 24.7 Å². The van der Waals surface area contributed by atoms with Gasteiger partial charge in [0.1, 0.15) is 0 Å². The van der Waals surface area contributed by atoms with Crippen LogP contribution in [-0.2, 0) is 0 Å². The van der Waals surface area contributed by atoms with Crippen LogP contribution in [-0.4, -0.2) is 29.0 Å². The Morgan fingerprint density at radius 3 is 2.24 bits per heavy atom. The number of nitrogens with zero attached hydrogens (tertiary/aromatic N) is 1. The molecule has 1 aliphatic heterocycles. The first-order valence-corrected chi connectivity index (χ1v) is 11.5. The average molecular weight is 368 g/mol. The number of anilines is 1. The van der Waals surface area contributed by atoms with E-state index in [2.05, 4.69) is 31.7 Å². The highest BCUT2D eigenvalue weighted by Gasteiger charge is 2.41. The van der Waals surface area contributed by atoms with Crippen molar-refractivity contribution in [3.8, 4) is 0 Å². The zero-order chi connectivity index (χ0) is 18.7. The Balaban J connectivity index is 2.45. The Bertz CT molecular complexity index is 563. The van der Waals surface area contributed by atoms with Crippen molar-refractivity contribution in [1.82, 2.24) is 0 Å². The first-order chi connectivity index (χ1) is 11.7. The van der Waals surface area contributed by atoms with Crippen LogP contribution in [0.15, 0.2) is 23.1 Å². The van der Waals surface area contributed by atoms with E-state index in [0.29, 0.717) is 11.7 Å². The molecule has 4 heteroatoms. The van der Waals surface area contributed by atoms with E-state index in [1.807, 2.05) is 26.2 Å². The maximum absolute atomic E-state index is 11.1. The number of rotatable bonds is 7. The molecule has 1 aromatic rings. The van der Waals surface area contributed by atoms with Crippen LogP contribution >= 0.6 is 10.6 Å². The van der Waals surface area contributed by atoms with Crippen LogP contribution in [0.25, 0.3) is 0 Å². The van der Waals surface area contributed by atoms with Gasteiger partial charge in [-0.1, -0.05) is 46.5 Å². The second-order valence-electron chi connectivity index (χ2n) is 8.24. The zero-order valence-electron chi connectivity index (χ0n) is 16.7. The highest BCUT2D eigenvalue weighted by molar-refractivity contribution is 8.24. The number of hydrogen-bond donors (Lipinski definition) is 2. The Labute approximate surface area is 156 Å². The summed E-state index contributed by atoms with van der Waals surface area (Å²) in [6.45, 7) is 6.72. The van der Waals surface area contributed by atoms with Crippen molar-refractivity contribution < 1.29 is 9.11 Å². The highest BCUT2D eigenvalue weighted by atomic mass is 32.3. The third-order valence-corrected chi connectivity index (χ3v) is 7.85. The molecular formula is C21H37NO2S. The van der Waals surface area contributed by atoms with E-state index in [4.69, 9.17) is 0 Å². The summed E-state index contributed by atoms with van der Waals surface area (Å²) in [6, 6.07) is 6.15. The van der Waals surface area contributed by atoms with Gasteiger partial charge in [-0.25, -0.2) is 0 Å². The van der Waals surface area contributed by atoms with E-state index < -0.39 is 10.6 Å². The molecule has 25 heavy (non-hydrogen) atoms. The summed E-state index contributed by atoms with van der Waals surface area (Å²) in [5.74, 6) is 0.899. The first kappa shape index (κ1) is 20.6. The van der Waals surface area contributed by atoms with Gasteiger partial charge in [-0.15, -0.1) is 0 Å². The molecule has 1 atom stereocenters. The second kappa shape index (κ2) is 8.32. The molecule has 0 fully saturated rings. The topological polar surface area (TPSA) is 43.7 Å². The molecule has 0 radical (unpaired) electrons. The van der Waals surface area contributed by atoms with Crippen LogP contribution < -0.4 is 4.90 Å². The second-order valence-corrected chi connectivity index (χ2v) is 10.3. The molecule has 3 nitrogen and oxygen atoms in total. The summed E-state index contributed by atoms with van der Waals surface area (Å²) in [5, 5.41) is 0. The van der Waals surface area contributed by atoms with Gasteiger partial charge < -0.3 is 4.90 Å². The van der Waals surface area contributed by atoms with Crippen LogP contribution in [0.4, 0.5) is 5.69 Å². The lowest BCUT2D eigenvalue weighted by molar-refractivity contribution is 0.222. The summed E-state index contributed by atoms with van der Waals surface area (Å²) in [7, 11) is 1.33. The molecule has 0 saturated carbocycles. The molecule has 1 aliphatic rings. The predicted molar refractivity (Wildman–Crippen MR) is 111 cm³/mol. The van der Waals surface area contributed by atoms with Gasteiger partial charge in [-0.05, 0) is 54.4 Å². The largest absolute Gasteiger partial charge is 0.378 e. The van der Waals surface area contributed by atoms with E-state index in [-0.39, 0.29) is 5.41 Å². The van der Waals surface area contributed by atoms with Gasteiger partial charge in [0.2, 0.25) is 0 Å². The van der Waals surface area contributed by atoms with E-state index in [1.165, 1.54) is 25.7 Å². The third kappa shape index (κ3) is 4.72. The molecule has 0 saturated heterocycles. The van der Waals surface area contributed by atoms with Gasteiger partial charge in [-0.3, -0.25) is 9.11 Å². The van der Waals surface area contributed by atoms with Crippen LogP contribution in [0.5, 0.6) is 0 Å². The van der Waals surface area contributed by atoms with E-state index in [9.17, 15) is 9.11 Å². The minimum absolute atomic E-state index is 0.0571. The van der Waals surface area contributed by atoms with Crippen molar-refractivity contribution >= 4 is 16.3 Å². The van der Waals surface area contributed by atoms with Crippen LogP contribution in [0.2, 0.25) is 0 Å². The maximum atomic E-state index is 11.1. The molecular weight excluding hydrogens is 330 g/mol.